The lowest BCUT2D eigenvalue weighted by Crippen LogP contribution is -2.19. The summed E-state index contributed by atoms with van der Waals surface area (Å²) in [7, 11) is 0. The van der Waals surface area contributed by atoms with E-state index in [4.69, 9.17) is 9.47 Å². The molecule has 0 fully saturated rings. The third-order valence-electron chi connectivity index (χ3n) is 4.96. The average molecular weight is 398 g/mol. The van der Waals surface area contributed by atoms with Crippen molar-refractivity contribution in [3.63, 3.8) is 0 Å². The number of nitrogens with one attached hydrogen (secondary N) is 1. The fourth-order valence-electron chi connectivity index (χ4n) is 3.07. The van der Waals surface area contributed by atoms with Crippen LogP contribution in [-0.4, -0.2) is 19.8 Å². The summed E-state index contributed by atoms with van der Waals surface area (Å²) in [5.74, 6) is 1.90. The molecule has 0 saturated carbocycles. The summed E-state index contributed by atoms with van der Waals surface area (Å²) in [4.78, 5) is 0. The Morgan fingerprint density at radius 1 is 0.793 bits per heavy atom. The molecule has 1 N–H and O–H groups in total. The van der Waals surface area contributed by atoms with E-state index in [-0.39, 0.29) is 10.8 Å². The van der Waals surface area contributed by atoms with Gasteiger partial charge >= 0.3 is 0 Å². The molecule has 0 spiro atoms. The smallest absolute Gasteiger partial charge is 0.123 e. The van der Waals surface area contributed by atoms with Crippen LogP contribution in [0.4, 0.5) is 5.69 Å². The van der Waals surface area contributed by atoms with Crippen molar-refractivity contribution in [3.05, 3.63) is 53.6 Å². The molecule has 0 radical (unpaired) electrons. The maximum atomic E-state index is 6.16. The summed E-state index contributed by atoms with van der Waals surface area (Å²) >= 11 is 0. The van der Waals surface area contributed by atoms with Gasteiger partial charge in [0.2, 0.25) is 0 Å². The molecular weight excluding hydrogens is 358 g/mol. The van der Waals surface area contributed by atoms with Gasteiger partial charge in [0.25, 0.3) is 0 Å². The van der Waals surface area contributed by atoms with E-state index in [1.54, 1.807) is 0 Å². The minimum Gasteiger partial charge on any atom is -0.494 e. The Morgan fingerprint density at radius 2 is 1.48 bits per heavy atom. The number of rotatable bonds is 9. The van der Waals surface area contributed by atoms with Crippen molar-refractivity contribution in [2.75, 3.05) is 25.1 Å². The van der Waals surface area contributed by atoms with Crippen molar-refractivity contribution in [3.8, 4) is 11.5 Å². The lowest BCUT2D eigenvalue weighted by molar-refractivity contribution is 0.309. The molecule has 29 heavy (non-hydrogen) atoms. The van der Waals surface area contributed by atoms with Crippen molar-refractivity contribution in [1.29, 1.82) is 0 Å². The van der Waals surface area contributed by atoms with Gasteiger partial charge in [0.15, 0.2) is 0 Å². The van der Waals surface area contributed by atoms with E-state index in [2.05, 4.69) is 84.1 Å². The minimum atomic E-state index is 0.0393. The lowest BCUT2D eigenvalue weighted by Gasteiger charge is -2.27. The van der Waals surface area contributed by atoms with Gasteiger partial charge in [0.05, 0.1) is 6.61 Å². The number of unbranched alkanes of at least 4 members (excludes halogenated alkanes) is 1. The number of benzene rings is 2. The van der Waals surface area contributed by atoms with Crippen LogP contribution in [0.5, 0.6) is 11.5 Å². The zero-order chi connectivity index (χ0) is 21.5. The van der Waals surface area contributed by atoms with Crippen LogP contribution in [0.2, 0.25) is 0 Å². The Bertz CT molecular complexity index is 752. The minimum absolute atomic E-state index is 0.0393. The summed E-state index contributed by atoms with van der Waals surface area (Å²) in [5, 5.41) is 3.42. The van der Waals surface area contributed by atoms with E-state index in [1.807, 2.05) is 12.1 Å². The summed E-state index contributed by atoms with van der Waals surface area (Å²) in [6.45, 7) is 17.8. The maximum absolute atomic E-state index is 6.16. The molecule has 3 nitrogen and oxygen atoms in total. The van der Waals surface area contributed by atoms with E-state index in [0.717, 1.165) is 43.2 Å². The van der Waals surface area contributed by atoms with Crippen LogP contribution in [0.3, 0.4) is 0 Å². The van der Waals surface area contributed by atoms with Crippen LogP contribution in [0.25, 0.3) is 0 Å². The monoisotopic (exact) mass is 397 g/mol. The Kier molecular flexibility index (Phi) is 8.01. The first-order chi connectivity index (χ1) is 13.6. The second kappa shape index (κ2) is 10.0. The highest BCUT2D eigenvalue weighted by molar-refractivity contribution is 5.46. The normalized spacial score (nSPS) is 12.0. The fraction of sp³-hybridized carbons (Fsp3) is 0.538. The van der Waals surface area contributed by atoms with Gasteiger partial charge in [-0.1, -0.05) is 67.0 Å². The van der Waals surface area contributed by atoms with Crippen LogP contribution in [-0.2, 0) is 10.8 Å². The predicted octanol–water partition coefficient (Wildman–Crippen LogP) is 6.95. The predicted molar refractivity (Wildman–Crippen MR) is 125 cm³/mol. The first-order valence-corrected chi connectivity index (χ1v) is 10.9. The zero-order valence-corrected chi connectivity index (χ0v) is 19.4. The van der Waals surface area contributed by atoms with Crippen molar-refractivity contribution >= 4 is 5.69 Å². The average Bonchev–Trinajstić information content (AvgIpc) is 2.65. The highest BCUT2D eigenvalue weighted by Gasteiger charge is 2.23. The summed E-state index contributed by atoms with van der Waals surface area (Å²) in [6.07, 6.45) is 2.24. The van der Waals surface area contributed by atoms with Crippen LogP contribution in [0, 0.1) is 0 Å². The fourth-order valence-corrected chi connectivity index (χ4v) is 3.07. The van der Waals surface area contributed by atoms with Gasteiger partial charge in [-0.05, 0) is 58.7 Å². The largest absolute Gasteiger partial charge is 0.494 e. The molecule has 0 heterocycles. The Hall–Kier alpha value is -2.16. The third kappa shape index (κ3) is 7.30. The van der Waals surface area contributed by atoms with Crippen LogP contribution in [0.15, 0.2) is 42.5 Å². The molecule has 0 unspecified atom stereocenters. The van der Waals surface area contributed by atoms with Crippen LogP contribution in [0.1, 0.15) is 72.4 Å². The van der Waals surface area contributed by atoms with Crippen molar-refractivity contribution in [2.24, 2.45) is 0 Å². The van der Waals surface area contributed by atoms with E-state index in [0.29, 0.717) is 6.61 Å². The van der Waals surface area contributed by atoms with Crippen molar-refractivity contribution in [1.82, 2.24) is 0 Å². The number of hydrogen-bond acceptors (Lipinski definition) is 3. The van der Waals surface area contributed by atoms with Gasteiger partial charge in [-0.3, -0.25) is 0 Å². The Morgan fingerprint density at radius 3 is 2.07 bits per heavy atom. The lowest BCUT2D eigenvalue weighted by atomic mass is 9.80. The molecule has 0 aliphatic heterocycles. The second-order valence-corrected chi connectivity index (χ2v) is 9.71. The van der Waals surface area contributed by atoms with E-state index in [9.17, 15) is 0 Å². The highest BCUT2D eigenvalue weighted by Crippen LogP contribution is 2.35. The molecule has 2 rings (SSSR count). The van der Waals surface area contributed by atoms with Crippen LogP contribution >= 0.6 is 0 Å². The molecule has 2 aromatic carbocycles. The molecule has 0 bridgehead atoms. The Balaban J connectivity index is 1.91. The van der Waals surface area contributed by atoms with Gasteiger partial charge in [-0.15, -0.1) is 0 Å². The van der Waals surface area contributed by atoms with Gasteiger partial charge < -0.3 is 14.8 Å². The first-order valence-electron chi connectivity index (χ1n) is 10.9. The molecule has 0 aliphatic rings. The SMILES string of the molecule is CCCCOc1ccc(NCCOc2ccc(C(C)(C)C)cc2C(C)(C)C)cc1. The van der Waals surface area contributed by atoms with Crippen LogP contribution < -0.4 is 14.8 Å². The molecule has 2 aromatic rings. The number of ether oxygens (including phenoxy) is 2. The topological polar surface area (TPSA) is 30.5 Å². The van der Waals surface area contributed by atoms with E-state index in [1.165, 1.54) is 11.1 Å². The van der Waals surface area contributed by atoms with Crippen molar-refractivity contribution in [2.45, 2.75) is 72.1 Å². The molecule has 0 aliphatic carbocycles. The molecule has 0 amide bonds. The summed E-state index contributed by atoms with van der Waals surface area (Å²) in [6, 6.07) is 14.8. The standard InChI is InChI=1S/C26H39NO2/c1-8-9-17-28-22-13-11-21(12-14-22)27-16-18-29-24-15-10-20(25(2,3)4)19-23(24)26(5,6)7/h10-15,19,27H,8-9,16-18H2,1-7H3. The third-order valence-corrected chi connectivity index (χ3v) is 4.96. The van der Waals surface area contributed by atoms with Gasteiger partial charge in [-0.25, -0.2) is 0 Å². The second-order valence-electron chi connectivity index (χ2n) is 9.71. The summed E-state index contributed by atoms with van der Waals surface area (Å²) in [5.41, 5.74) is 3.85. The molecule has 0 saturated heterocycles. The van der Waals surface area contributed by atoms with Crippen molar-refractivity contribution < 1.29 is 9.47 Å². The number of anilines is 1. The molecule has 0 atom stereocenters. The zero-order valence-electron chi connectivity index (χ0n) is 19.4. The van der Waals surface area contributed by atoms with E-state index >= 15 is 0 Å². The number of hydrogen-bond donors (Lipinski definition) is 1. The molecule has 160 valence electrons. The maximum Gasteiger partial charge on any atom is 0.123 e. The quantitative estimate of drug-likeness (QED) is 0.464. The van der Waals surface area contributed by atoms with Gasteiger partial charge in [0, 0.05) is 12.2 Å². The molecule has 0 aromatic heterocycles. The molecular formula is C26H39NO2. The summed E-state index contributed by atoms with van der Waals surface area (Å²) < 4.78 is 11.9. The Labute approximate surface area is 177 Å². The molecule has 3 heteroatoms. The van der Waals surface area contributed by atoms with Gasteiger partial charge in [-0.2, -0.15) is 0 Å². The van der Waals surface area contributed by atoms with E-state index < -0.39 is 0 Å². The van der Waals surface area contributed by atoms with Gasteiger partial charge in [0.1, 0.15) is 18.1 Å². The highest BCUT2D eigenvalue weighted by atomic mass is 16.5. The first kappa shape index (κ1) is 23.1.